The zero-order valence-corrected chi connectivity index (χ0v) is 9.13. The second-order valence-corrected chi connectivity index (χ2v) is 5.98. The maximum absolute atomic E-state index is 11.9. The van der Waals surface area contributed by atoms with Gasteiger partial charge >= 0.3 is 0 Å². The van der Waals surface area contributed by atoms with Gasteiger partial charge in [-0.15, -0.1) is 0 Å². The molecule has 0 unspecified atom stereocenters. The molecule has 0 amide bonds. The van der Waals surface area contributed by atoms with Gasteiger partial charge in [0.25, 0.3) is 0 Å². The van der Waals surface area contributed by atoms with Crippen LogP contribution in [0.1, 0.15) is 40.0 Å². The van der Waals surface area contributed by atoms with E-state index in [0.29, 0.717) is 18.1 Å². The first-order valence-electron chi connectivity index (χ1n) is 5.32. The summed E-state index contributed by atoms with van der Waals surface area (Å²) < 4.78 is 0. The van der Waals surface area contributed by atoms with Crippen LogP contribution in [0.3, 0.4) is 0 Å². The molecule has 0 N–H and O–H groups in total. The number of hydrogen-bond donors (Lipinski definition) is 0. The molecule has 2 saturated carbocycles. The first kappa shape index (κ1) is 9.71. The van der Waals surface area contributed by atoms with Crippen LogP contribution in [0.4, 0.5) is 0 Å². The summed E-state index contributed by atoms with van der Waals surface area (Å²) in [7, 11) is 0. The minimum atomic E-state index is -0.349. The van der Waals surface area contributed by atoms with Gasteiger partial charge in [-0.05, 0) is 31.1 Å². The van der Waals surface area contributed by atoms with E-state index in [4.69, 9.17) is 5.26 Å². The Morgan fingerprint density at radius 1 is 1.36 bits per heavy atom. The van der Waals surface area contributed by atoms with Crippen LogP contribution >= 0.6 is 0 Å². The van der Waals surface area contributed by atoms with E-state index in [1.54, 1.807) is 0 Å². The zero-order valence-electron chi connectivity index (χ0n) is 9.13. The van der Waals surface area contributed by atoms with E-state index in [9.17, 15) is 4.79 Å². The second-order valence-electron chi connectivity index (χ2n) is 5.98. The number of ketones is 1. The predicted octanol–water partition coefficient (Wildman–Crippen LogP) is 2.54. The van der Waals surface area contributed by atoms with Gasteiger partial charge in [0.2, 0.25) is 0 Å². The maximum Gasteiger partial charge on any atom is 0.138 e. The van der Waals surface area contributed by atoms with E-state index in [1.165, 1.54) is 0 Å². The fraction of sp³-hybridized carbons (Fsp3) is 0.833. The molecule has 2 fully saturated rings. The maximum atomic E-state index is 11.9. The Kier molecular flexibility index (Phi) is 1.80. The molecular weight excluding hydrogens is 174 g/mol. The highest BCUT2D eigenvalue weighted by molar-refractivity contribution is 5.85. The summed E-state index contributed by atoms with van der Waals surface area (Å²) >= 11 is 0. The lowest BCUT2D eigenvalue weighted by Crippen LogP contribution is -2.54. The average molecular weight is 191 g/mol. The SMILES string of the molecule is CC1(C)CC(=O)[C@H]2[C@@H](C1)C[C@@]2(C)C#N. The highest BCUT2D eigenvalue weighted by atomic mass is 16.1. The Morgan fingerprint density at radius 2 is 2.00 bits per heavy atom. The number of carbonyl (C=O) groups excluding carboxylic acids is 1. The van der Waals surface area contributed by atoms with Crippen LogP contribution in [-0.4, -0.2) is 5.78 Å². The van der Waals surface area contributed by atoms with Gasteiger partial charge in [-0.2, -0.15) is 5.26 Å². The third kappa shape index (κ3) is 1.19. The lowest BCUT2D eigenvalue weighted by atomic mass is 9.47. The normalized spacial score (nSPS) is 44.9. The molecule has 14 heavy (non-hydrogen) atoms. The van der Waals surface area contributed by atoms with Crippen LogP contribution in [0.2, 0.25) is 0 Å². The van der Waals surface area contributed by atoms with Crippen LogP contribution in [0.15, 0.2) is 0 Å². The van der Waals surface area contributed by atoms with Crippen LogP contribution in [0, 0.1) is 34.0 Å². The van der Waals surface area contributed by atoms with Crippen molar-refractivity contribution in [3.05, 3.63) is 0 Å². The van der Waals surface area contributed by atoms with Gasteiger partial charge in [-0.1, -0.05) is 13.8 Å². The van der Waals surface area contributed by atoms with Gasteiger partial charge in [-0.25, -0.2) is 0 Å². The molecule has 0 aromatic heterocycles. The first-order chi connectivity index (χ1) is 6.38. The van der Waals surface area contributed by atoms with Gasteiger partial charge in [0, 0.05) is 12.3 Å². The molecule has 0 aromatic rings. The third-order valence-electron chi connectivity index (χ3n) is 3.91. The standard InChI is InChI=1S/C12H17NO/c1-11(2)4-8-5-12(3,7-13)10(8)9(14)6-11/h8,10H,4-6H2,1-3H3/t8-,10+,12-/m0/s1. The number of carbonyl (C=O) groups is 1. The first-order valence-corrected chi connectivity index (χ1v) is 5.32. The van der Waals surface area contributed by atoms with Crippen molar-refractivity contribution in [2.45, 2.75) is 40.0 Å². The lowest BCUT2D eigenvalue weighted by molar-refractivity contribution is -0.147. The Morgan fingerprint density at radius 3 is 2.50 bits per heavy atom. The highest BCUT2D eigenvalue weighted by Crippen LogP contribution is 2.58. The van der Waals surface area contributed by atoms with E-state index in [2.05, 4.69) is 19.9 Å². The van der Waals surface area contributed by atoms with E-state index < -0.39 is 0 Å². The molecule has 0 saturated heterocycles. The van der Waals surface area contributed by atoms with Gasteiger partial charge < -0.3 is 0 Å². The van der Waals surface area contributed by atoms with Crippen LogP contribution in [-0.2, 0) is 4.79 Å². The molecule has 0 aromatic carbocycles. The molecular formula is C12H17NO. The average Bonchev–Trinajstić information content (AvgIpc) is 1.98. The summed E-state index contributed by atoms with van der Waals surface area (Å²) in [6.07, 6.45) is 2.69. The number of fused-ring (bicyclic) bond motifs is 1. The lowest BCUT2D eigenvalue weighted by Gasteiger charge is -2.54. The Hall–Kier alpha value is -0.840. The smallest absolute Gasteiger partial charge is 0.138 e. The van der Waals surface area contributed by atoms with Crippen molar-refractivity contribution in [3.8, 4) is 6.07 Å². The molecule has 2 nitrogen and oxygen atoms in total. The highest BCUT2D eigenvalue weighted by Gasteiger charge is 2.58. The van der Waals surface area contributed by atoms with Crippen molar-refractivity contribution in [2.24, 2.45) is 22.7 Å². The van der Waals surface area contributed by atoms with Crippen LogP contribution in [0.5, 0.6) is 0 Å². The van der Waals surface area contributed by atoms with E-state index in [1.807, 2.05) is 6.92 Å². The summed E-state index contributed by atoms with van der Waals surface area (Å²) in [5, 5.41) is 9.03. The van der Waals surface area contributed by atoms with Gasteiger partial charge in [0.05, 0.1) is 11.5 Å². The molecule has 76 valence electrons. The largest absolute Gasteiger partial charge is 0.299 e. The molecule has 2 aliphatic carbocycles. The van der Waals surface area contributed by atoms with Crippen LogP contribution < -0.4 is 0 Å². The fourth-order valence-electron chi connectivity index (χ4n) is 3.44. The van der Waals surface area contributed by atoms with Crippen molar-refractivity contribution in [3.63, 3.8) is 0 Å². The van der Waals surface area contributed by atoms with Crippen molar-refractivity contribution in [2.75, 3.05) is 0 Å². The fourth-order valence-corrected chi connectivity index (χ4v) is 3.44. The van der Waals surface area contributed by atoms with Crippen LogP contribution in [0.25, 0.3) is 0 Å². The molecule has 2 aliphatic rings. The second kappa shape index (κ2) is 2.59. The zero-order chi connectivity index (χ0) is 10.6. The number of nitrogens with zero attached hydrogens (tertiary/aromatic N) is 1. The van der Waals surface area contributed by atoms with Crippen molar-refractivity contribution < 1.29 is 4.79 Å². The predicted molar refractivity (Wildman–Crippen MR) is 53.3 cm³/mol. The van der Waals surface area contributed by atoms with Crippen molar-refractivity contribution in [1.82, 2.24) is 0 Å². The molecule has 0 heterocycles. The molecule has 2 heteroatoms. The number of nitriles is 1. The summed E-state index contributed by atoms with van der Waals surface area (Å²) in [5.41, 5.74) is -0.187. The molecule has 0 bridgehead atoms. The van der Waals surface area contributed by atoms with Gasteiger partial charge in [-0.3, -0.25) is 4.79 Å². The number of rotatable bonds is 0. The van der Waals surface area contributed by atoms with E-state index in [0.717, 1.165) is 12.8 Å². The van der Waals surface area contributed by atoms with Gasteiger partial charge in [0.1, 0.15) is 5.78 Å². The molecule has 2 rings (SSSR count). The summed E-state index contributed by atoms with van der Waals surface area (Å²) in [4.78, 5) is 11.9. The third-order valence-corrected chi connectivity index (χ3v) is 3.91. The Labute approximate surface area is 85.3 Å². The topological polar surface area (TPSA) is 40.9 Å². The number of hydrogen-bond acceptors (Lipinski definition) is 2. The van der Waals surface area contributed by atoms with E-state index >= 15 is 0 Å². The van der Waals surface area contributed by atoms with Crippen molar-refractivity contribution in [1.29, 1.82) is 5.26 Å². The summed E-state index contributed by atoms with van der Waals surface area (Å²) in [6, 6.07) is 2.31. The monoisotopic (exact) mass is 191 g/mol. The Bertz CT molecular complexity index is 326. The van der Waals surface area contributed by atoms with Gasteiger partial charge in [0.15, 0.2) is 0 Å². The number of Topliss-reactive ketones (excluding diaryl/α,β-unsaturated/α-hetero) is 1. The summed E-state index contributed by atoms with van der Waals surface area (Å²) in [5.74, 6) is 0.845. The molecule has 0 spiro atoms. The molecule has 0 aliphatic heterocycles. The minimum Gasteiger partial charge on any atom is -0.299 e. The van der Waals surface area contributed by atoms with Crippen molar-refractivity contribution >= 4 is 5.78 Å². The van der Waals surface area contributed by atoms with E-state index in [-0.39, 0.29) is 16.7 Å². The molecule has 3 atom stereocenters. The minimum absolute atomic E-state index is 0.0422. The Balaban J connectivity index is 2.21. The summed E-state index contributed by atoms with van der Waals surface area (Å²) in [6.45, 7) is 6.25. The molecule has 0 radical (unpaired) electrons. The quantitative estimate of drug-likeness (QED) is 0.590.